The van der Waals surface area contributed by atoms with Crippen LogP contribution < -0.4 is 10.2 Å². The first-order chi connectivity index (χ1) is 14.8. The van der Waals surface area contributed by atoms with E-state index < -0.39 is 0 Å². The summed E-state index contributed by atoms with van der Waals surface area (Å²) in [5.74, 6) is 2.49. The molecule has 30 heavy (non-hydrogen) atoms. The summed E-state index contributed by atoms with van der Waals surface area (Å²) in [6.07, 6.45) is 8.17. The van der Waals surface area contributed by atoms with Crippen LogP contribution in [0.3, 0.4) is 0 Å². The highest BCUT2D eigenvalue weighted by molar-refractivity contribution is 5.75. The zero-order chi connectivity index (χ0) is 20.0. The fourth-order valence-corrected chi connectivity index (χ4v) is 4.55. The maximum Gasteiger partial charge on any atom is 0.227 e. The molecule has 1 saturated carbocycles. The predicted octanol–water partition coefficient (Wildman–Crippen LogP) is 3.22. The van der Waals surface area contributed by atoms with Gasteiger partial charge in [-0.1, -0.05) is 23.4 Å². The van der Waals surface area contributed by atoms with Gasteiger partial charge in [0.15, 0.2) is 5.82 Å². The van der Waals surface area contributed by atoms with Crippen molar-refractivity contribution in [2.24, 2.45) is 0 Å². The Morgan fingerprint density at radius 2 is 1.80 bits per heavy atom. The van der Waals surface area contributed by atoms with E-state index in [1.165, 1.54) is 0 Å². The Balaban J connectivity index is 1.17. The largest absolute Gasteiger partial charge is 0.367 e. The Morgan fingerprint density at radius 3 is 2.67 bits per heavy atom. The van der Waals surface area contributed by atoms with E-state index in [1.54, 1.807) is 4.68 Å². The smallest absolute Gasteiger partial charge is 0.227 e. The van der Waals surface area contributed by atoms with E-state index in [0.29, 0.717) is 6.04 Å². The Morgan fingerprint density at radius 1 is 0.933 bits per heavy atom. The number of pyridine rings is 1. The quantitative estimate of drug-likeness (QED) is 0.528. The molecule has 2 fully saturated rings. The molecule has 8 nitrogen and oxygen atoms in total. The van der Waals surface area contributed by atoms with Gasteiger partial charge in [0, 0.05) is 31.0 Å². The summed E-state index contributed by atoms with van der Waals surface area (Å²) in [6, 6.07) is 16.3. The first-order valence-electron chi connectivity index (χ1n) is 10.4. The third-order valence-corrected chi connectivity index (χ3v) is 6.29. The number of aromatic nitrogens is 6. The lowest BCUT2D eigenvalue weighted by Crippen LogP contribution is -2.33. The number of nitrogens with zero attached hydrogens (tertiary/aromatic N) is 7. The molecule has 3 aromatic heterocycles. The van der Waals surface area contributed by atoms with Crippen molar-refractivity contribution in [2.75, 3.05) is 16.8 Å². The number of rotatable bonds is 4. The van der Waals surface area contributed by atoms with Gasteiger partial charge in [-0.25, -0.2) is 9.97 Å². The van der Waals surface area contributed by atoms with E-state index in [-0.39, 0.29) is 5.54 Å². The van der Waals surface area contributed by atoms with Gasteiger partial charge in [0.05, 0.1) is 11.1 Å². The third-order valence-electron chi connectivity index (χ3n) is 6.29. The van der Waals surface area contributed by atoms with Gasteiger partial charge in [-0.15, -0.1) is 5.10 Å². The fraction of sp³-hybridized carbons (Fsp3) is 0.318. The molecule has 0 radical (unpaired) electrons. The van der Waals surface area contributed by atoms with E-state index in [1.807, 2.05) is 60.9 Å². The molecule has 0 atom stereocenters. The first-order valence-corrected chi connectivity index (χ1v) is 10.4. The molecule has 0 unspecified atom stereocenters. The Hall–Kier alpha value is -3.55. The van der Waals surface area contributed by atoms with Crippen LogP contribution in [-0.4, -0.2) is 48.1 Å². The van der Waals surface area contributed by atoms with Gasteiger partial charge < -0.3 is 10.2 Å². The molecule has 8 heteroatoms. The van der Waals surface area contributed by atoms with Crippen molar-refractivity contribution < 1.29 is 0 Å². The summed E-state index contributed by atoms with van der Waals surface area (Å²) in [5.41, 5.74) is 2.01. The standard InChI is InChI=1S/C22H22N8/c1-2-6-18-17(5-1)27-28-30(18)20-10-14-24-21(26-20)29-15-22(29)11-8-16(9-12-22)25-19-7-3-4-13-23-19/h1-7,10,13-14,16H,8-9,11-12,15H2,(H,23,25). The van der Waals surface area contributed by atoms with Crippen LogP contribution in [0.1, 0.15) is 25.7 Å². The van der Waals surface area contributed by atoms with Crippen molar-refractivity contribution in [1.29, 1.82) is 0 Å². The number of hydrogen-bond donors (Lipinski definition) is 1. The molecule has 1 aliphatic heterocycles. The number of para-hydroxylation sites is 1. The van der Waals surface area contributed by atoms with Crippen molar-refractivity contribution in [1.82, 2.24) is 29.9 Å². The summed E-state index contributed by atoms with van der Waals surface area (Å²) in [7, 11) is 0. The SMILES string of the molecule is c1ccc(NC2CCC3(CC2)CN3c2nccc(-n3nnc4ccccc43)n2)nc1. The van der Waals surface area contributed by atoms with Gasteiger partial charge in [-0.05, 0) is 49.9 Å². The first kappa shape index (κ1) is 17.3. The maximum absolute atomic E-state index is 4.81. The van der Waals surface area contributed by atoms with Gasteiger partial charge in [-0.2, -0.15) is 9.67 Å². The number of benzene rings is 1. The lowest BCUT2D eigenvalue weighted by atomic mass is 9.85. The minimum absolute atomic E-state index is 0.200. The van der Waals surface area contributed by atoms with Gasteiger partial charge in [0.2, 0.25) is 5.95 Å². The Labute approximate surface area is 174 Å². The molecular weight excluding hydrogens is 376 g/mol. The molecule has 1 aliphatic carbocycles. The van der Waals surface area contributed by atoms with E-state index in [2.05, 4.69) is 30.5 Å². The van der Waals surface area contributed by atoms with Crippen molar-refractivity contribution in [2.45, 2.75) is 37.3 Å². The number of anilines is 2. The highest BCUT2D eigenvalue weighted by Gasteiger charge is 2.54. The highest BCUT2D eigenvalue weighted by Crippen LogP contribution is 2.47. The molecule has 1 saturated heterocycles. The molecule has 6 rings (SSSR count). The lowest BCUT2D eigenvalue weighted by Gasteiger charge is -2.29. The summed E-state index contributed by atoms with van der Waals surface area (Å²) < 4.78 is 1.78. The van der Waals surface area contributed by atoms with Gasteiger partial charge in [-0.3, -0.25) is 0 Å². The maximum atomic E-state index is 4.81. The molecule has 0 amide bonds. The summed E-state index contributed by atoms with van der Waals surface area (Å²) in [6.45, 7) is 1.02. The molecule has 4 heterocycles. The molecule has 1 spiro atoms. The minimum Gasteiger partial charge on any atom is -0.367 e. The normalized spacial score (nSPS) is 23.1. The summed E-state index contributed by atoms with van der Waals surface area (Å²) in [5, 5.41) is 12.1. The topological polar surface area (TPSA) is 84.4 Å². The summed E-state index contributed by atoms with van der Waals surface area (Å²) in [4.78, 5) is 16.1. The molecule has 1 aromatic carbocycles. The van der Waals surface area contributed by atoms with E-state index in [0.717, 1.165) is 60.8 Å². The fourth-order valence-electron chi connectivity index (χ4n) is 4.55. The van der Waals surface area contributed by atoms with Crippen LogP contribution >= 0.6 is 0 Å². The van der Waals surface area contributed by atoms with Crippen LogP contribution in [-0.2, 0) is 0 Å². The molecule has 2 aliphatic rings. The molecular formula is C22H22N8. The predicted molar refractivity (Wildman–Crippen MR) is 115 cm³/mol. The second-order valence-corrected chi connectivity index (χ2v) is 8.15. The third kappa shape index (κ3) is 2.96. The zero-order valence-electron chi connectivity index (χ0n) is 16.5. The van der Waals surface area contributed by atoms with Gasteiger partial charge in [0.25, 0.3) is 0 Å². The molecule has 1 N–H and O–H groups in total. The van der Waals surface area contributed by atoms with Crippen molar-refractivity contribution in [3.8, 4) is 5.82 Å². The van der Waals surface area contributed by atoms with Crippen LogP contribution in [0.2, 0.25) is 0 Å². The van der Waals surface area contributed by atoms with E-state index >= 15 is 0 Å². The summed E-state index contributed by atoms with van der Waals surface area (Å²) >= 11 is 0. The Bertz CT molecular complexity index is 1180. The number of fused-ring (bicyclic) bond motifs is 1. The van der Waals surface area contributed by atoms with Crippen LogP contribution in [0.5, 0.6) is 0 Å². The average Bonchev–Trinajstić information content (AvgIpc) is 3.32. The van der Waals surface area contributed by atoms with Crippen molar-refractivity contribution >= 4 is 22.8 Å². The molecule has 0 bridgehead atoms. The highest BCUT2D eigenvalue weighted by atomic mass is 15.5. The zero-order valence-corrected chi connectivity index (χ0v) is 16.5. The van der Waals surface area contributed by atoms with Gasteiger partial charge >= 0.3 is 0 Å². The van der Waals surface area contributed by atoms with Crippen LogP contribution in [0.25, 0.3) is 16.9 Å². The lowest BCUT2D eigenvalue weighted by molar-refractivity contribution is 0.393. The van der Waals surface area contributed by atoms with E-state index in [9.17, 15) is 0 Å². The van der Waals surface area contributed by atoms with Crippen LogP contribution in [0.4, 0.5) is 11.8 Å². The van der Waals surface area contributed by atoms with Gasteiger partial charge in [0.1, 0.15) is 11.3 Å². The van der Waals surface area contributed by atoms with Crippen LogP contribution in [0, 0.1) is 0 Å². The number of hydrogen-bond acceptors (Lipinski definition) is 7. The Kier molecular flexibility index (Phi) is 3.90. The second-order valence-electron chi connectivity index (χ2n) is 8.15. The molecule has 150 valence electrons. The second kappa shape index (κ2) is 6.76. The van der Waals surface area contributed by atoms with Crippen LogP contribution in [0.15, 0.2) is 60.9 Å². The molecule has 4 aromatic rings. The number of nitrogens with one attached hydrogen (secondary N) is 1. The minimum atomic E-state index is 0.200. The monoisotopic (exact) mass is 398 g/mol. The van der Waals surface area contributed by atoms with Crippen molar-refractivity contribution in [3.05, 3.63) is 60.9 Å². The van der Waals surface area contributed by atoms with E-state index in [4.69, 9.17) is 4.98 Å². The van der Waals surface area contributed by atoms with Crippen molar-refractivity contribution in [3.63, 3.8) is 0 Å². The average molecular weight is 398 g/mol.